The Balaban J connectivity index is 2.76. The average Bonchev–Trinajstić information content (AvgIpc) is 2.23. The van der Waals surface area contributed by atoms with E-state index in [1.165, 1.54) is 0 Å². The van der Waals surface area contributed by atoms with Crippen LogP contribution in [0, 0.1) is 32.1 Å². The molecule has 0 spiro atoms. The molecule has 0 amide bonds. The summed E-state index contributed by atoms with van der Waals surface area (Å²) in [5.74, 6) is -0.275. The van der Waals surface area contributed by atoms with Crippen molar-refractivity contribution in [1.29, 1.82) is 0 Å². The molecule has 1 rings (SSSR count). The second kappa shape index (κ2) is 5.78. The van der Waals surface area contributed by atoms with E-state index in [9.17, 15) is 20.2 Å². The van der Waals surface area contributed by atoms with Crippen molar-refractivity contribution >= 4 is 0 Å². The molecule has 0 radical (unpaired) electrons. The number of hydrogen-bond donors (Lipinski definition) is 1. The van der Waals surface area contributed by atoms with Gasteiger partial charge in [0.15, 0.2) is 0 Å². The Hall–Kier alpha value is -1.64. The topological polar surface area (TPSA) is 117 Å². The first-order chi connectivity index (χ1) is 9.04. The van der Waals surface area contributed by atoms with E-state index in [4.69, 9.17) is 0 Å². The molecule has 9 nitrogen and oxygen atoms in total. The molecule has 2 unspecified atom stereocenters. The Bertz CT molecular complexity index is 350. The van der Waals surface area contributed by atoms with Crippen LogP contribution < -0.4 is 5.32 Å². The summed E-state index contributed by atoms with van der Waals surface area (Å²) < 4.78 is 0. The van der Waals surface area contributed by atoms with Gasteiger partial charge in [-0.3, -0.25) is 0 Å². The van der Waals surface area contributed by atoms with Gasteiger partial charge in [0.25, 0.3) is 10.2 Å². The monoisotopic (exact) mass is 291 g/mol. The molecule has 9 heteroatoms. The molecule has 1 aliphatic rings. The quantitative estimate of drug-likeness (QED) is 0.576. The lowest BCUT2D eigenvalue weighted by Crippen LogP contribution is -2.65. The van der Waals surface area contributed by atoms with Crippen molar-refractivity contribution in [3.05, 3.63) is 20.2 Å². The predicted octanol–water partition coefficient (Wildman–Crippen LogP) is 1.19. The maximum absolute atomic E-state index is 10.3. The molecule has 0 aromatic carbocycles. The molecular weight excluding hydrogens is 270 g/mol. The third kappa shape index (κ3) is 4.19. The lowest BCUT2D eigenvalue weighted by atomic mass is 9.69. The number of piperidine rings is 1. The summed E-state index contributed by atoms with van der Waals surface area (Å²) in [4.78, 5) is 29.6. The number of hydrogen-bond acceptors (Lipinski definition) is 7. The highest BCUT2D eigenvalue weighted by Crippen LogP contribution is 2.38. The van der Waals surface area contributed by atoms with Crippen molar-refractivity contribution in [3.63, 3.8) is 0 Å². The fourth-order valence-corrected chi connectivity index (χ4v) is 2.82. The molecule has 1 aliphatic heterocycles. The van der Waals surface area contributed by atoms with E-state index >= 15 is 0 Å². The van der Waals surface area contributed by atoms with Crippen LogP contribution >= 0.6 is 0 Å². The molecular formula is C11H21N3O6. The fourth-order valence-electron chi connectivity index (χ4n) is 2.82. The van der Waals surface area contributed by atoms with Crippen LogP contribution in [0.2, 0.25) is 0 Å². The third-order valence-electron chi connectivity index (χ3n) is 4.02. The molecule has 1 saturated heterocycles. The van der Waals surface area contributed by atoms with Gasteiger partial charge in [0.2, 0.25) is 0 Å². The van der Waals surface area contributed by atoms with Gasteiger partial charge in [-0.2, -0.15) is 0 Å². The number of nitrogens with one attached hydrogen (secondary N) is 1. The summed E-state index contributed by atoms with van der Waals surface area (Å²) in [6.07, 6.45) is 0.550. The maximum atomic E-state index is 10.3. The minimum atomic E-state index is -0.821. The van der Waals surface area contributed by atoms with Crippen molar-refractivity contribution < 1.29 is 19.8 Å². The fraction of sp³-hybridized carbons (Fsp3) is 1.00. The van der Waals surface area contributed by atoms with E-state index in [1.807, 2.05) is 27.7 Å². The molecule has 20 heavy (non-hydrogen) atoms. The van der Waals surface area contributed by atoms with Gasteiger partial charge in [-0.05, 0) is 34.1 Å². The van der Waals surface area contributed by atoms with E-state index < -0.39 is 10.2 Å². The SMILES string of the molecule is CC1(C)NC(C)(C)C(CO[N+](=O)[O-])CC1CO[N+](=O)[O-]. The summed E-state index contributed by atoms with van der Waals surface area (Å²) >= 11 is 0. The predicted molar refractivity (Wildman–Crippen MR) is 68.8 cm³/mol. The normalized spacial score (nSPS) is 27.6. The third-order valence-corrected chi connectivity index (χ3v) is 4.02. The first-order valence-electron chi connectivity index (χ1n) is 6.38. The van der Waals surface area contributed by atoms with Crippen LogP contribution in [0.4, 0.5) is 0 Å². The summed E-state index contributed by atoms with van der Waals surface area (Å²) in [5.41, 5.74) is -0.741. The molecule has 116 valence electrons. The largest absolute Gasteiger partial charge is 0.314 e. The highest BCUT2D eigenvalue weighted by atomic mass is 17.0. The van der Waals surface area contributed by atoms with Crippen molar-refractivity contribution in [3.8, 4) is 0 Å². The van der Waals surface area contributed by atoms with Gasteiger partial charge in [0.05, 0.1) is 0 Å². The van der Waals surface area contributed by atoms with Gasteiger partial charge in [0, 0.05) is 22.9 Å². The maximum Gasteiger partial charge on any atom is 0.294 e. The molecule has 2 atom stereocenters. The standard InChI is InChI=1S/C11H21N3O6/c1-10(2)8(6-19-13(15)16)5-9(7-20-14(17)18)11(3,4)12-10/h8-9,12H,5-7H2,1-4H3. The van der Waals surface area contributed by atoms with Gasteiger partial charge >= 0.3 is 0 Å². The Morgan fingerprint density at radius 2 is 1.35 bits per heavy atom. The van der Waals surface area contributed by atoms with Crippen LogP contribution in [0.5, 0.6) is 0 Å². The smallest absolute Gasteiger partial charge is 0.294 e. The Morgan fingerprint density at radius 3 is 1.65 bits per heavy atom. The highest BCUT2D eigenvalue weighted by molar-refractivity contribution is 5.02. The second-order valence-corrected chi connectivity index (χ2v) is 6.24. The zero-order chi connectivity index (χ0) is 15.6. The molecule has 1 heterocycles. The average molecular weight is 291 g/mol. The van der Waals surface area contributed by atoms with Gasteiger partial charge in [-0.25, -0.2) is 0 Å². The van der Waals surface area contributed by atoms with E-state index in [0.717, 1.165) is 0 Å². The number of nitrogens with zero attached hydrogens (tertiary/aromatic N) is 2. The summed E-state index contributed by atoms with van der Waals surface area (Å²) in [7, 11) is 0. The van der Waals surface area contributed by atoms with Crippen LogP contribution in [0.15, 0.2) is 0 Å². The van der Waals surface area contributed by atoms with Crippen molar-refractivity contribution in [1.82, 2.24) is 5.32 Å². The summed E-state index contributed by atoms with van der Waals surface area (Å²) in [5, 5.41) is 22.4. The summed E-state index contributed by atoms with van der Waals surface area (Å²) in [6, 6.07) is 0. The summed E-state index contributed by atoms with van der Waals surface area (Å²) in [6.45, 7) is 7.66. The Labute approximate surface area is 116 Å². The van der Waals surface area contributed by atoms with Gasteiger partial charge < -0.3 is 15.0 Å². The first-order valence-corrected chi connectivity index (χ1v) is 6.38. The molecule has 0 saturated carbocycles. The molecule has 1 fully saturated rings. The van der Waals surface area contributed by atoms with E-state index in [1.54, 1.807) is 0 Å². The molecule has 0 bridgehead atoms. The van der Waals surface area contributed by atoms with Crippen molar-refractivity contribution in [2.45, 2.75) is 45.2 Å². The lowest BCUT2D eigenvalue weighted by molar-refractivity contribution is -0.761. The molecule has 0 aromatic heterocycles. The minimum absolute atomic E-state index is 0.0436. The lowest BCUT2D eigenvalue weighted by Gasteiger charge is -2.51. The molecule has 0 aliphatic carbocycles. The van der Waals surface area contributed by atoms with Crippen LogP contribution in [-0.4, -0.2) is 34.5 Å². The van der Waals surface area contributed by atoms with Gasteiger partial charge in [-0.1, -0.05) is 0 Å². The van der Waals surface area contributed by atoms with Crippen LogP contribution in [0.1, 0.15) is 34.1 Å². The van der Waals surface area contributed by atoms with Crippen LogP contribution in [0.3, 0.4) is 0 Å². The minimum Gasteiger partial charge on any atom is -0.314 e. The highest BCUT2D eigenvalue weighted by Gasteiger charge is 2.46. The van der Waals surface area contributed by atoms with E-state index in [2.05, 4.69) is 15.0 Å². The second-order valence-electron chi connectivity index (χ2n) is 6.24. The Kier molecular flexibility index (Phi) is 4.74. The number of rotatable bonds is 6. The first kappa shape index (κ1) is 16.4. The van der Waals surface area contributed by atoms with Gasteiger partial charge in [-0.15, -0.1) is 20.2 Å². The zero-order valence-corrected chi connectivity index (χ0v) is 12.1. The van der Waals surface area contributed by atoms with E-state index in [0.29, 0.717) is 6.42 Å². The van der Waals surface area contributed by atoms with Crippen molar-refractivity contribution in [2.24, 2.45) is 11.8 Å². The molecule has 0 aromatic rings. The molecule has 1 N–H and O–H groups in total. The van der Waals surface area contributed by atoms with Crippen LogP contribution in [0.25, 0.3) is 0 Å². The van der Waals surface area contributed by atoms with E-state index in [-0.39, 0.29) is 36.1 Å². The zero-order valence-electron chi connectivity index (χ0n) is 12.1. The van der Waals surface area contributed by atoms with Gasteiger partial charge in [0.1, 0.15) is 13.2 Å². The van der Waals surface area contributed by atoms with Crippen molar-refractivity contribution in [2.75, 3.05) is 13.2 Å². The Morgan fingerprint density at radius 1 is 1.00 bits per heavy atom. The van der Waals surface area contributed by atoms with Crippen LogP contribution in [-0.2, 0) is 9.68 Å².